The van der Waals surface area contributed by atoms with Crippen molar-refractivity contribution >= 4 is 66.4 Å². The third kappa shape index (κ3) is 8.80. The Morgan fingerprint density at radius 3 is 0.686 bits per heavy atom. The number of hydrogen-bond donors (Lipinski definition) is 0. The van der Waals surface area contributed by atoms with Crippen LogP contribution in [-0.4, -0.2) is 0 Å². The average molecular weight is 897 g/mol. The molecule has 0 aliphatic carbocycles. The van der Waals surface area contributed by atoms with Gasteiger partial charge in [-0.25, -0.2) is 0 Å². The highest BCUT2D eigenvalue weighted by atomic mass is 15.1. The fraction of sp³-hybridized carbons (Fsp3) is 0.0588. The second-order valence-corrected chi connectivity index (χ2v) is 18.6. The fourth-order valence-electron chi connectivity index (χ4n) is 10.4. The molecule has 0 heterocycles. The molecule has 12 rings (SSSR count). The van der Waals surface area contributed by atoms with Gasteiger partial charge >= 0.3 is 0 Å². The van der Waals surface area contributed by atoms with Gasteiger partial charge in [-0.15, -0.1) is 0 Å². The van der Waals surface area contributed by atoms with Crippen LogP contribution in [0.25, 0.3) is 32.3 Å². The quantitative estimate of drug-likeness (QED) is 0.100. The van der Waals surface area contributed by atoms with Crippen LogP contribution in [0.3, 0.4) is 0 Å². The van der Waals surface area contributed by atoms with Gasteiger partial charge in [0, 0.05) is 33.5 Å². The summed E-state index contributed by atoms with van der Waals surface area (Å²) in [6, 6.07) is 98.2. The van der Waals surface area contributed by atoms with Crippen molar-refractivity contribution in [3.8, 4) is 0 Å². The highest BCUT2D eigenvalue weighted by Crippen LogP contribution is 2.47. The molecule has 0 saturated heterocycles. The molecule has 0 fully saturated rings. The Hall–Kier alpha value is -8.72. The lowest BCUT2D eigenvalue weighted by Gasteiger charge is -2.29. The van der Waals surface area contributed by atoms with Crippen LogP contribution >= 0.6 is 0 Å². The summed E-state index contributed by atoms with van der Waals surface area (Å²) in [4.78, 5) is 4.90. The molecule has 0 unspecified atom stereocenters. The molecular weight excluding hydrogens is 845 g/mol. The summed E-state index contributed by atoms with van der Waals surface area (Å²) < 4.78 is 0. The van der Waals surface area contributed by atoms with Crippen LogP contribution in [0.1, 0.15) is 44.5 Å². The second kappa shape index (κ2) is 19.1. The largest absolute Gasteiger partial charge is 0.310 e. The number of nitrogens with zero attached hydrogens (tertiary/aromatic N) is 2. The van der Waals surface area contributed by atoms with Gasteiger partial charge in [-0.1, -0.05) is 206 Å². The molecule has 2 nitrogen and oxygen atoms in total. The number of anilines is 6. The van der Waals surface area contributed by atoms with E-state index in [1.54, 1.807) is 0 Å². The van der Waals surface area contributed by atoms with Crippen LogP contribution in [0.2, 0.25) is 0 Å². The lowest BCUT2D eigenvalue weighted by molar-refractivity contribution is 1.18. The van der Waals surface area contributed by atoms with E-state index >= 15 is 0 Å². The predicted molar refractivity (Wildman–Crippen MR) is 297 cm³/mol. The lowest BCUT2D eigenvalue weighted by Crippen LogP contribution is -2.12. The van der Waals surface area contributed by atoms with Crippen molar-refractivity contribution in [1.29, 1.82) is 0 Å². The number of rotatable bonds is 14. The smallest absolute Gasteiger partial charge is 0.0540 e. The minimum Gasteiger partial charge on any atom is -0.310 e. The Morgan fingerprint density at radius 2 is 0.429 bits per heavy atom. The SMILES string of the molecule is c1ccc(Cc2ccc(N(c3ccc(Cc4ccccc4)cc3)c3ccc4ccc5c(N(c6ccc(Cc7ccccc7)cc6)c6ccc(Cc7ccccc7)cc6)ccc6ccc3c4c65)cc2)cc1. The summed E-state index contributed by atoms with van der Waals surface area (Å²) in [7, 11) is 0. The van der Waals surface area contributed by atoms with Crippen LogP contribution in [0.4, 0.5) is 34.1 Å². The predicted octanol–water partition coefficient (Wildman–Crippen LogP) is 17.9. The Balaban J connectivity index is 0.979. The van der Waals surface area contributed by atoms with E-state index in [1.165, 1.54) is 76.8 Å². The van der Waals surface area contributed by atoms with Gasteiger partial charge in [0.25, 0.3) is 0 Å². The average Bonchev–Trinajstić information content (AvgIpc) is 3.42. The van der Waals surface area contributed by atoms with Gasteiger partial charge in [0.1, 0.15) is 0 Å². The highest BCUT2D eigenvalue weighted by Gasteiger charge is 2.22. The van der Waals surface area contributed by atoms with E-state index in [1.807, 2.05) is 0 Å². The summed E-state index contributed by atoms with van der Waals surface area (Å²) >= 11 is 0. The standard InChI is InChI=1S/C68H52N2/c1-5-13-49(14-6-1)45-53-21-33-59(34-22-53)69(60-35-23-54(24-36-60)46-50-15-7-2-8-16-50)65-43-31-57-30-42-64-66(44-32-58-29-41-63(65)67(57)68(58)64)70(61-37-25-55(26-38-61)47-51-17-9-3-10-18-51)62-39-27-56(28-40-62)48-52-19-11-4-12-20-52/h1-44H,45-48H2. The van der Waals surface area contributed by atoms with Crippen molar-refractivity contribution in [3.05, 3.63) is 311 Å². The van der Waals surface area contributed by atoms with Gasteiger partial charge in [-0.3, -0.25) is 0 Å². The molecule has 334 valence electrons. The van der Waals surface area contributed by atoms with E-state index < -0.39 is 0 Å². The molecule has 0 N–H and O–H groups in total. The normalized spacial score (nSPS) is 11.4. The van der Waals surface area contributed by atoms with Crippen LogP contribution in [0.15, 0.2) is 267 Å². The first-order valence-corrected chi connectivity index (χ1v) is 24.5. The molecule has 0 spiro atoms. The topological polar surface area (TPSA) is 6.48 Å². The summed E-state index contributed by atoms with van der Waals surface area (Å²) in [5, 5.41) is 7.45. The maximum absolute atomic E-state index is 2.45. The van der Waals surface area contributed by atoms with Gasteiger partial charge in [0.05, 0.1) is 11.4 Å². The van der Waals surface area contributed by atoms with Crippen molar-refractivity contribution in [2.24, 2.45) is 0 Å². The molecule has 0 amide bonds. The third-order valence-corrected chi connectivity index (χ3v) is 13.9. The molecule has 0 atom stereocenters. The Labute approximate surface area is 411 Å². The minimum absolute atomic E-state index is 0.892. The van der Waals surface area contributed by atoms with Crippen molar-refractivity contribution in [1.82, 2.24) is 0 Å². The second-order valence-electron chi connectivity index (χ2n) is 18.6. The van der Waals surface area contributed by atoms with Gasteiger partial charge in [0.15, 0.2) is 0 Å². The lowest BCUT2D eigenvalue weighted by atomic mass is 9.91. The number of benzene rings is 12. The zero-order valence-electron chi connectivity index (χ0n) is 39.1. The molecule has 0 aromatic heterocycles. The minimum atomic E-state index is 0.892. The summed E-state index contributed by atoms with van der Waals surface area (Å²) in [5.41, 5.74) is 17.2. The van der Waals surface area contributed by atoms with Gasteiger partial charge in [-0.05, 0) is 152 Å². The fourth-order valence-corrected chi connectivity index (χ4v) is 10.4. The Morgan fingerprint density at radius 1 is 0.200 bits per heavy atom. The van der Waals surface area contributed by atoms with Crippen LogP contribution in [-0.2, 0) is 25.7 Å². The van der Waals surface area contributed by atoms with E-state index in [4.69, 9.17) is 0 Å². The molecule has 0 aliphatic rings. The molecule has 12 aromatic rings. The van der Waals surface area contributed by atoms with Crippen LogP contribution < -0.4 is 9.80 Å². The maximum atomic E-state index is 2.45. The first-order chi connectivity index (χ1) is 34.7. The van der Waals surface area contributed by atoms with E-state index in [-0.39, 0.29) is 0 Å². The molecule has 0 bridgehead atoms. The summed E-state index contributed by atoms with van der Waals surface area (Å²) in [6.45, 7) is 0. The molecular formula is C68H52N2. The van der Waals surface area contributed by atoms with Gasteiger partial charge in [-0.2, -0.15) is 0 Å². The Bertz CT molecular complexity index is 3230. The summed E-state index contributed by atoms with van der Waals surface area (Å²) in [6.07, 6.45) is 3.57. The van der Waals surface area contributed by atoms with Crippen molar-refractivity contribution in [2.75, 3.05) is 9.80 Å². The third-order valence-electron chi connectivity index (χ3n) is 13.9. The summed E-state index contributed by atoms with van der Waals surface area (Å²) in [5.74, 6) is 0. The molecule has 0 saturated carbocycles. The van der Waals surface area contributed by atoms with E-state index in [0.717, 1.165) is 59.8 Å². The number of hydrogen-bond acceptors (Lipinski definition) is 2. The van der Waals surface area contributed by atoms with Crippen molar-refractivity contribution in [2.45, 2.75) is 25.7 Å². The Kier molecular flexibility index (Phi) is 11.6. The monoisotopic (exact) mass is 896 g/mol. The zero-order valence-corrected chi connectivity index (χ0v) is 39.1. The molecule has 70 heavy (non-hydrogen) atoms. The van der Waals surface area contributed by atoms with E-state index in [9.17, 15) is 0 Å². The van der Waals surface area contributed by atoms with E-state index in [0.29, 0.717) is 0 Å². The zero-order chi connectivity index (χ0) is 46.6. The molecule has 0 aliphatic heterocycles. The van der Waals surface area contributed by atoms with Gasteiger partial charge in [0.2, 0.25) is 0 Å². The van der Waals surface area contributed by atoms with E-state index in [2.05, 4.69) is 277 Å². The highest BCUT2D eigenvalue weighted by molar-refractivity contribution is 6.28. The molecule has 0 radical (unpaired) electrons. The first-order valence-electron chi connectivity index (χ1n) is 24.5. The molecule has 2 heteroatoms. The van der Waals surface area contributed by atoms with Crippen molar-refractivity contribution in [3.63, 3.8) is 0 Å². The maximum Gasteiger partial charge on any atom is 0.0540 e. The van der Waals surface area contributed by atoms with Crippen molar-refractivity contribution < 1.29 is 0 Å². The van der Waals surface area contributed by atoms with Crippen LogP contribution in [0, 0.1) is 0 Å². The first kappa shape index (κ1) is 42.6. The van der Waals surface area contributed by atoms with Gasteiger partial charge < -0.3 is 9.80 Å². The van der Waals surface area contributed by atoms with Crippen LogP contribution in [0.5, 0.6) is 0 Å². The molecule has 12 aromatic carbocycles.